The summed E-state index contributed by atoms with van der Waals surface area (Å²) < 4.78 is 0.872. The number of hydrogen-bond acceptors (Lipinski definition) is 3. The minimum atomic E-state index is -0.721. The average Bonchev–Trinajstić information content (AvgIpc) is 1.96. The minimum Gasteiger partial charge on any atom is -0.481 e. The second kappa shape index (κ2) is 4.09. The Kier molecular flexibility index (Phi) is 3.34. The molecule has 0 aliphatic carbocycles. The van der Waals surface area contributed by atoms with E-state index in [-0.39, 0.29) is 12.3 Å². The number of aliphatic carboxylic acids is 1. The van der Waals surface area contributed by atoms with E-state index in [1.165, 1.54) is 0 Å². The fourth-order valence-electron chi connectivity index (χ4n) is 1.18. The molecule has 1 N–H and O–H groups in total. The fraction of sp³-hybridized carbons (Fsp3) is 0.714. The van der Waals surface area contributed by atoms with Crippen LogP contribution >= 0.6 is 24.0 Å². The number of thiocarbonyl (C=S) groups is 1. The van der Waals surface area contributed by atoms with Crippen molar-refractivity contribution in [2.24, 2.45) is 5.92 Å². The second-order valence-electron chi connectivity index (χ2n) is 2.92. The number of carbonyl (C=O) groups is 1. The number of carboxylic acid groups (broad SMARTS) is 1. The van der Waals surface area contributed by atoms with Crippen LogP contribution in [0, 0.1) is 5.92 Å². The van der Waals surface area contributed by atoms with E-state index in [0.717, 1.165) is 16.6 Å². The van der Waals surface area contributed by atoms with Gasteiger partial charge in [-0.25, -0.2) is 0 Å². The zero-order chi connectivity index (χ0) is 9.14. The van der Waals surface area contributed by atoms with E-state index in [0.29, 0.717) is 0 Å². The molecule has 0 aromatic heterocycles. The third kappa shape index (κ3) is 2.64. The molecule has 1 rings (SSSR count). The molecule has 0 spiro atoms. The SMILES string of the molecule is CN1CC(CC(=O)O)CSC1=S. The van der Waals surface area contributed by atoms with Gasteiger partial charge in [0.15, 0.2) is 0 Å². The largest absolute Gasteiger partial charge is 0.481 e. The minimum absolute atomic E-state index is 0.240. The highest BCUT2D eigenvalue weighted by molar-refractivity contribution is 8.22. The van der Waals surface area contributed by atoms with Gasteiger partial charge >= 0.3 is 5.97 Å². The lowest BCUT2D eigenvalue weighted by molar-refractivity contribution is -0.138. The smallest absolute Gasteiger partial charge is 0.303 e. The summed E-state index contributed by atoms with van der Waals surface area (Å²) in [6, 6.07) is 0. The average molecular weight is 205 g/mol. The number of carboxylic acids is 1. The molecule has 1 atom stereocenters. The second-order valence-corrected chi connectivity index (χ2v) is 4.58. The van der Waals surface area contributed by atoms with Crippen LogP contribution in [0.3, 0.4) is 0 Å². The van der Waals surface area contributed by atoms with Crippen molar-refractivity contribution in [3.05, 3.63) is 0 Å². The summed E-state index contributed by atoms with van der Waals surface area (Å²) in [6.07, 6.45) is 0.250. The van der Waals surface area contributed by atoms with Crippen molar-refractivity contribution >= 4 is 34.3 Å². The van der Waals surface area contributed by atoms with E-state index in [1.807, 2.05) is 11.9 Å². The number of nitrogens with zero attached hydrogens (tertiary/aromatic N) is 1. The van der Waals surface area contributed by atoms with Crippen molar-refractivity contribution in [3.63, 3.8) is 0 Å². The van der Waals surface area contributed by atoms with Crippen LogP contribution in [0.25, 0.3) is 0 Å². The molecule has 5 heteroatoms. The van der Waals surface area contributed by atoms with Gasteiger partial charge in [0, 0.05) is 19.3 Å². The predicted octanol–water partition coefficient (Wildman–Crippen LogP) is 1.04. The molecular weight excluding hydrogens is 194 g/mol. The molecule has 68 valence electrons. The molecule has 1 saturated heterocycles. The first-order chi connectivity index (χ1) is 5.59. The Morgan fingerprint density at radius 3 is 3.08 bits per heavy atom. The van der Waals surface area contributed by atoms with Gasteiger partial charge in [-0.1, -0.05) is 24.0 Å². The summed E-state index contributed by atoms with van der Waals surface area (Å²) in [5.74, 6) is 0.362. The van der Waals surface area contributed by atoms with E-state index in [1.54, 1.807) is 11.8 Å². The van der Waals surface area contributed by atoms with E-state index in [4.69, 9.17) is 17.3 Å². The summed E-state index contributed by atoms with van der Waals surface area (Å²) in [7, 11) is 1.91. The molecule has 1 aliphatic heterocycles. The topological polar surface area (TPSA) is 40.5 Å². The molecule has 0 bridgehead atoms. The zero-order valence-electron chi connectivity index (χ0n) is 6.82. The third-order valence-electron chi connectivity index (χ3n) is 1.75. The van der Waals surface area contributed by atoms with Gasteiger partial charge in [-0.2, -0.15) is 0 Å². The van der Waals surface area contributed by atoms with E-state index >= 15 is 0 Å². The predicted molar refractivity (Wildman–Crippen MR) is 53.4 cm³/mol. The van der Waals surface area contributed by atoms with Crippen molar-refractivity contribution in [1.82, 2.24) is 4.90 Å². The highest BCUT2D eigenvalue weighted by Gasteiger charge is 2.22. The first-order valence-corrected chi connectivity index (χ1v) is 5.08. The van der Waals surface area contributed by atoms with Crippen molar-refractivity contribution < 1.29 is 9.90 Å². The van der Waals surface area contributed by atoms with Gasteiger partial charge in [0.2, 0.25) is 0 Å². The van der Waals surface area contributed by atoms with Crippen LogP contribution in [0.5, 0.6) is 0 Å². The van der Waals surface area contributed by atoms with E-state index < -0.39 is 5.97 Å². The van der Waals surface area contributed by atoms with Gasteiger partial charge in [0.1, 0.15) is 4.32 Å². The Balaban J connectivity index is 2.40. The van der Waals surface area contributed by atoms with Crippen LogP contribution in [-0.2, 0) is 4.79 Å². The maximum Gasteiger partial charge on any atom is 0.303 e. The summed E-state index contributed by atoms with van der Waals surface area (Å²) >= 11 is 6.61. The van der Waals surface area contributed by atoms with Crippen LogP contribution < -0.4 is 0 Å². The van der Waals surface area contributed by atoms with Gasteiger partial charge in [-0.3, -0.25) is 4.79 Å². The Hall–Kier alpha value is -0.290. The molecule has 1 aliphatic rings. The Morgan fingerprint density at radius 1 is 1.92 bits per heavy atom. The summed E-state index contributed by atoms with van der Waals surface area (Å²) in [6.45, 7) is 0.776. The van der Waals surface area contributed by atoms with Crippen molar-refractivity contribution in [2.45, 2.75) is 6.42 Å². The summed E-state index contributed by atoms with van der Waals surface area (Å²) in [5.41, 5.74) is 0. The molecule has 0 saturated carbocycles. The van der Waals surface area contributed by atoms with Gasteiger partial charge in [0.05, 0.1) is 6.42 Å². The van der Waals surface area contributed by atoms with E-state index in [9.17, 15) is 4.79 Å². The van der Waals surface area contributed by atoms with E-state index in [2.05, 4.69) is 0 Å². The van der Waals surface area contributed by atoms with Crippen LogP contribution in [-0.4, -0.2) is 39.6 Å². The lowest BCUT2D eigenvalue weighted by atomic mass is 10.1. The number of hydrogen-bond donors (Lipinski definition) is 1. The Morgan fingerprint density at radius 2 is 2.58 bits per heavy atom. The first kappa shape index (κ1) is 9.80. The fourth-order valence-corrected chi connectivity index (χ4v) is 2.36. The number of thioether (sulfide) groups is 1. The van der Waals surface area contributed by atoms with Gasteiger partial charge < -0.3 is 10.0 Å². The van der Waals surface area contributed by atoms with Crippen molar-refractivity contribution in [1.29, 1.82) is 0 Å². The highest BCUT2D eigenvalue weighted by atomic mass is 32.2. The standard InChI is InChI=1S/C7H11NO2S2/c1-8-3-5(2-6(9)10)4-12-7(8)11/h5H,2-4H2,1H3,(H,9,10). The summed E-state index contributed by atoms with van der Waals surface area (Å²) in [4.78, 5) is 12.3. The van der Waals surface area contributed by atoms with Crippen LogP contribution in [0.2, 0.25) is 0 Å². The zero-order valence-corrected chi connectivity index (χ0v) is 8.45. The van der Waals surface area contributed by atoms with Crippen LogP contribution in [0.15, 0.2) is 0 Å². The van der Waals surface area contributed by atoms with Crippen LogP contribution in [0.1, 0.15) is 6.42 Å². The monoisotopic (exact) mass is 205 g/mol. The molecule has 1 heterocycles. The lowest BCUT2D eigenvalue weighted by Crippen LogP contribution is -2.36. The van der Waals surface area contributed by atoms with Crippen molar-refractivity contribution in [3.8, 4) is 0 Å². The number of rotatable bonds is 2. The molecular formula is C7H11NO2S2. The third-order valence-corrected chi connectivity index (χ3v) is 3.61. The Labute approximate surface area is 81.1 Å². The normalized spacial score (nSPS) is 24.2. The molecule has 0 aromatic carbocycles. The van der Waals surface area contributed by atoms with Gasteiger partial charge in [0.25, 0.3) is 0 Å². The van der Waals surface area contributed by atoms with Gasteiger partial charge in [-0.15, -0.1) is 0 Å². The molecule has 1 unspecified atom stereocenters. The Bertz CT molecular complexity index is 208. The highest BCUT2D eigenvalue weighted by Crippen LogP contribution is 2.22. The van der Waals surface area contributed by atoms with Crippen LogP contribution in [0.4, 0.5) is 0 Å². The molecule has 1 fully saturated rings. The quantitative estimate of drug-likeness (QED) is 0.682. The maximum atomic E-state index is 10.4. The molecule has 0 radical (unpaired) electrons. The van der Waals surface area contributed by atoms with Crippen molar-refractivity contribution in [2.75, 3.05) is 19.3 Å². The molecule has 12 heavy (non-hydrogen) atoms. The molecule has 0 amide bonds. The first-order valence-electron chi connectivity index (χ1n) is 3.69. The molecule has 3 nitrogen and oxygen atoms in total. The maximum absolute atomic E-state index is 10.4. The lowest BCUT2D eigenvalue weighted by Gasteiger charge is -2.30. The molecule has 0 aromatic rings. The van der Waals surface area contributed by atoms with Gasteiger partial charge in [-0.05, 0) is 5.92 Å². The summed E-state index contributed by atoms with van der Waals surface area (Å²) in [5, 5.41) is 8.56.